The molecule has 0 spiro atoms. The molecular weight excluding hydrogens is 158 g/mol. The van der Waals surface area contributed by atoms with Crippen molar-refractivity contribution in [3.05, 3.63) is 12.4 Å². The first-order valence-corrected chi connectivity index (χ1v) is 3.49. The summed E-state index contributed by atoms with van der Waals surface area (Å²) in [7, 11) is 1.65. The third-order valence-electron chi connectivity index (χ3n) is 1.67. The van der Waals surface area contributed by atoms with Crippen LogP contribution in [0.3, 0.4) is 0 Å². The summed E-state index contributed by atoms with van der Waals surface area (Å²) in [6.45, 7) is 0.0438. The molecule has 2 heterocycles. The first-order chi connectivity index (χ1) is 5.79. The van der Waals surface area contributed by atoms with Crippen LogP contribution in [0.1, 0.15) is 0 Å². The molecule has 0 saturated heterocycles. The molecule has 0 fully saturated rings. The second-order valence-electron chi connectivity index (χ2n) is 2.43. The van der Waals surface area contributed by atoms with Gasteiger partial charge in [-0.3, -0.25) is 9.69 Å². The van der Waals surface area contributed by atoms with Gasteiger partial charge in [-0.25, -0.2) is 9.97 Å². The van der Waals surface area contributed by atoms with Crippen LogP contribution in [0.2, 0.25) is 0 Å². The summed E-state index contributed by atoms with van der Waals surface area (Å²) in [6.07, 6.45) is 3.06. The van der Waals surface area contributed by atoms with E-state index in [4.69, 9.17) is 4.74 Å². The van der Waals surface area contributed by atoms with E-state index in [2.05, 4.69) is 9.97 Å². The zero-order chi connectivity index (χ0) is 8.55. The Bertz CT molecular complexity index is 326. The number of likely N-dealkylation sites (N-methyl/N-ethyl adjacent to an activating group) is 1. The number of carbonyl (C=O) groups is 1. The fraction of sp³-hybridized carbons (Fsp3) is 0.286. The highest BCUT2D eigenvalue weighted by molar-refractivity contribution is 5.95. The summed E-state index contributed by atoms with van der Waals surface area (Å²) < 4.78 is 5.04. The van der Waals surface area contributed by atoms with Crippen LogP contribution in [0.25, 0.3) is 0 Å². The Hall–Kier alpha value is -1.65. The van der Waals surface area contributed by atoms with E-state index < -0.39 is 0 Å². The second kappa shape index (κ2) is 2.44. The van der Waals surface area contributed by atoms with Crippen molar-refractivity contribution < 1.29 is 9.53 Å². The molecule has 0 saturated carbocycles. The average molecular weight is 165 g/mol. The smallest absolute Gasteiger partial charge is 0.266 e. The van der Waals surface area contributed by atoms with E-state index >= 15 is 0 Å². The number of carbonyl (C=O) groups excluding carboxylic acids is 1. The van der Waals surface area contributed by atoms with Crippen LogP contribution < -0.4 is 9.64 Å². The SMILES string of the molecule is CN1C(=O)COc2nccnc21. The van der Waals surface area contributed by atoms with Crippen LogP contribution >= 0.6 is 0 Å². The molecule has 1 aromatic rings. The van der Waals surface area contributed by atoms with Crippen molar-refractivity contribution in [1.29, 1.82) is 0 Å². The minimum Gasteiger partial charge on any atom is -0.465 e. The van der Waals surface area contributed by atoms with Gasteiger partial charge in [0, 0.05) is 19.4 Å². The second-order valence-corrected chi connectivity index (χ2v) is 2.43. The van der Waals surface area contributed by atoms with Crippen LogP contribution in [-0.2, 0) is 4.79 Å². The molecule has 0 aromatic carbocycles. The molecule has 1 aliphatic heterocycles. The fourth-order valence-corrected chi connectivity index (χ4v) is 0.995. The van der Waals surface area contributed by atoms with Crippen molar-refractivity contribution in [3.63, 3.8) is 0 Å². The van der Waals surface area contributed by atoms with Gasteiger partial charge in [0.25, 0.3) is 11.8 Å². The molecule has 5 nitrogen and oxygen atoms in total. The molecule has 5 heteroatoms. The predicted octanol–water partition coefficient (Wildman–Crippen LogP) is -0.168. The first kappa shape index (κ1) is 7.02. The number of ether oxygens (including phenoxy) is 1. The van der Waals surface area contributed by atoms with Crippen LogP contribution in [0.15, 0.2) is 12.4 Å². The third kappa shape index (κ3) is 0.903. The van der Waals surface area contributed by atoms with Gasteiger partial charge in [0.2, 0.25) is 0 Å². The maximum absolute atomic E-state index is 11.1. The van der Waals surface area contributed by atoms with E-state index in [0.717, 1.165) is 0 Å². The number of amides is 1. The van der Waals surface area contributed by atoms with Crippen LogP contribution in [0, 0.1) is 0 Å². The van der Waals surface area contributed by atoms with E-state index in [1.807, 2.05) is 0 Å². The lowest BCUT2D eigenvalue weighted by molar-refractivity contribution is -0.121. The molecule has 12 heavy (non-hydrogen) atoms. The van der Waals surface area contributed by atoms with Crippen molar-refractivity contribution in [2.75, 3.05) is 18.6 Å². The summed E-state index contributed by atoms with van der Waals surface area (Å²) in [4.78, 5) is 20.4. The minimum absolute atomic E-state index is 0.0438. The third-order valence-corrected chi connectivity index (χ3v) is 1.67. The topological polar surface area (TPSA) is 55.3 Å². The lowest BCUT2D eigenvalue weighted by Gasteiger charge is -2.22. The Morgan fingerprint density at radius 2 is 2.25 bits per heavy atom. The zero-order valence-electron chi connectivity index (χ0n) is 6.52. The lowest BCUT2D eigenvalue weighted by atomic mass is 10.4. The summed E-state index contributed by atoms with van der Waals surface area (Å²) >= 11 is 0. The Morgan fingerprint density at radius 3 is 3.08 bits per heavy atom. The van der Waals surface area contributed by atoms with Crippen molar-refractivity contribution in [1.82, 2.24) is 9.97 Å². The van der Waals surface area contributed by atoms with Gasteiger partial charge in [0.1, 0.15) is 0 Å². The summed E-state index contributed by atoms with van der Waals surface area (Å²) in [5.41, 5.74) is 0. The zero-order valence-corrected chi connectivity index (χ0v) is 6.52. The standard InChI is InChI=1S/C7H7N3O2/c1-10-5(11)4-12-7-6(10)8-2-3-9-7/h2-3H,4H2,1H3. The average Bonchev–Trinajstić information content (AvgIpc) is 2.12. The molecule has 2 rings (SSSR count). The fourth-order valence-electron chi connectivity index (χ4n) is 0.995. The van der Waals surface area contributed by atoms with Crippen molar-refractivity contribution >= 4 is 11.7 Å². The van der Waals surface area contributed by atoms with Gasteiger partial charge in [0.15, 0.2) is 12.4 Å². The van der Waals surface area contributed by atoms with Crippen LogP contribution in [0.4, 0.5) is 5.82 Å². The molecular formula is C7H7N3O2. The van der Waals surface area contributed by atoms with Crippen molar-refractivity contribution in [2.45, 2.75) is 0 Å². The maximum Gasteiger partial charge on any atom is 0.266 e. The molecule has 0 atom stereocenters. The molecule has 62 valence electrons. The molecule has 1 aliphatic rings. The molecule has 0 unspecified atom stereocenters. The Balaban J connectivity index is 2.48. The molecule has 0 bridgehead atoms. The lowest BCUT2D eigenvalue weighted by Crippen LogP contribution is -2.36. The summed E-state index contributed by atoms with van der Waals surface area (Å²) in [6, 6.07) is 0. The van der Waals surface area contributed by atoms with E-state index in [1.165, 1.54) is 17.3 Å². The normalized spacial score (nSPS) is 15.4. The van der Waals surface area contributed by atoms with Gasteiger partial charge in [0.05, 0.1) is 0 Å². The maximum atomic E-state index is 11.1. The molecule has 0 N–H and O–H groups in total. The highest BCUT2D eigenvalue weighted by Gasteiger charge is 2.23. The first-order valence-electron chi connectivity index (χ1n) is 3.49. The number of hydrogen-bond acceptors (Lipinski definition) is 4. The number of fused-ring (bicyclic) bond motifs is 1. The Labute approximate surface area is 69.0 Å². The summed E-state index contributed by atoms with van der Waals surface area (Å²) in [5.74, 6) is 0.788. The number of hydrogen-bond donors (Lipinski definition) is 0. The molecule has 0 radical (unpaired) electrons. The van der Waals surface area contributed by atoms with Crippen molar-refractivity contribution in [2.24, 2.45) is 0 Å². The number of aromatic nitrogens is 2. The number of anilines is 1. The highest BCUT2D eigenvalue weighted by Crippen LogP contribution is 2.24. The van der Waals surface area contributed by atoms with E-state index in [-0.39, 0.29) is 12.5 Å². The van der Waals surface area contributed by atoms with Gasteiger partial charge in [-0.05, 0) is 0 Å². The van der Waals surface area contributed by atoms with Crippen LogP contribution in [-0.4, -0.2) is 29.5 Å². The Kier molecular flexibility index (Phi) is 1.43. The predicted molar refractivity (Wildman–Crippen MR) is 40.9 cm³/mol. The monoisotopic (exact) mass is 165 g/mol. The number of nitrogens with zero attached hydrogens (tertiary/aromatic N) is 3. The Morgan fingerprint density at radius 1 is 1.50 bits per heavy atom. The van der Waals surface area contributed by atoms with E-state index in [1.54, 1.807) is 7.05 Å². The van der Waals surface area contributed by atoms with E-state index in [9.17, 15) is 4.79 Å². The highest BCUT2D eigenvalue weighted by atomic mass is 16.5. The van der Waals surface area contributed by atoms with Gasteiger partial charge in [-0.2, -0.15) is 0 Å². The minimum atomic E-state index is -0.108. The van der Waals surface area contributed by atoms with Gasteiger partial charge in [-0.15, -0.1) is 0 Å². The van der Waals surface area contributed by atoms with Gasteiger partial charge in [-0.1, -0.05) is 0 Å². The van der Waals surface area contributed by atoms with Gasteiger partial charge < -0.3 is 4.74 Å². The van der Waals surface area contributed by atoms with Crippen molar-refractivity contribution in [3.8, 4) is 5.88 Å². The molecule has 1 amide bonds. The molecule has 0 aliphatic carbocycles. The quantitative estimate of drug-likeness (QED) is 0.535. The summed E-state index contributed by atoms with van der Waals surface area (Å²) in [5, 5.41) is 0. The number of rotatable bonds is 0. The molecule has 1 aromatic heterocycles. The largest absolute Gasteiger partial charge is 0.465 e. The van der Waals surface area contributed by atoms with Crippen LogP contribution in [0.5, 0.6) is 5.88 Å². The van der Waals surface area contributed by atoms with E-state index in [0.29, 0.717) is 11.7 Å². The van der Waals surface area contributed by atoms with Gasteiger partial charge >= 0.3 is 0 Å².